The quantitative estimate of drug-likeness (QED) is 0.0500. The topological polar surface area (TPSA) is 336 Å². The molecule has 6 rings (SSSR count). The molecule has 20 heteroatoms. The molecule has 2 fully saturated rings. The number of hydrogen-bond donors (Lipinski definition) is 12. The van der Waals surface area contributed by atoms with E-state index in [1.54, 1.807) is 0 Å². The highest BCUT2D eigenvalue weighted by Gasteiger charge is 2.47. The van der Waals surface area contributed by atoms with Crippen LogP contribution in [0.5, 0.6) is 40.2 Å². The molecule has 0 bridgehead atoms. The Hall–Kier alpha value is -5.68. The Balaban J connectivity index is 1.28. The van der Waals surface area contributed by atoms with E-state index in [9.17, 15) is 70.9 Å². The van der Waals surface area contributed by atoms with Crippen LogP contribution in [0.4, 0.5) is 0 Å². The number of rotatable bonds is 10. The van der Waals surface area contributed by atoms with Crippen LogP contribution < -0.4 is 14.9 Å². The zero-order valence-electron chi connectivity index (χ0n) is 28.6. The average Bonchev–Trinajstić information content (AvgIpc) is 3.16. The van der Waals surface area contributed by atoms with Crippen molar-refractivity contribution in [2.75, 3.05) is 13.2 Å². The van der Waals surface area contributed by atoms with Gasteiger partial charge in [0, 0.05) is 23.8 Å². The normalized spacial score (nSPS) is 28.0. The van der Waals surface area contributed by atoms with Gasteiger partial charge in [-0.3, -0.25) is 4.79 Å². The third kappa shape index (κ3) is 8.00. The lowest BCUT2D eigenvalue weighted by Crippen LogP contribution is -2.60. The van der Waals surface area contributed by atoms with Crippen LogP contribution in [0.15, 0.2) is 63.8 Å². The van der Waals surface area contributed by atoms with Crippen molar-refractivity contribution in [3.8, 4) is 51.6 Å². The summed E-state index contributed by atoms with van der Waals surface area (Å²) in [5.74, 6) is -5.39. The average molecular weight is 789 g/mol. The maximum Gasteiger partial charge on any atom is 0.330 e. The minimum Gasteiger partial charge on any atom is -0.508 e. The van der Waals surface area contributed by atoms with Crippen LogP contribution in [0.2, 0.25) is 0 Å². The summed E-state index contributed by atoms with van der Waals surface area (Å²) in [4.78, 5) is 26.2. The predicted octanol–water partition coefficient (Wildman–Crippen LogP) is -1.39. The number of carbonyl (C=O) groups excluding carboxylic acids is 1. The van der Waals surface area contributed by atoms with Gasteiger partial charge in [-0.15, -0.1) is 0 Å². The number of aliphatic hydroxyl groups is 7. The van der Waals surface area contributed by atoms with E-state index in [1.807, 2.05) is 0 Å². The van der Waals surface area contributed by atoms with Gasteiger partial charge in [0.15, 0.2) is 28.8 Å². The third-order valence-corrected chi connectivity index (χ3v) is 8.93. The van der Waals surface area contributed by atoms with Crippen molar-refractivity contribution >= 4 is 23.0 Å². The monoisotopic (exact) mass is 788 g/mol. The van der Waals surface area contributed by atoms with E-state index in [2.05, 4.69) is 0 Å². The standard InChI is InChI=1S/C36H36O20/c37-11-22-26(44)29(47)32(50)36(54-22)56-34-28(46)25-19(42)9-15(38)10-21(25)52-33(34)14-3-5-17(40)20(8-14)53-35-31(49)30(48)27(45)23(55-35)12-51-24(43)6-2-13-1-4-16(39)18(41)7-13/h1-10,22-23,26-27,29-32,35-42,44-45,47-50H,11-12H2/b6-2+/t22-,23-,26-,27-,29+,30+,31-,32-,35-,36+/m1/s1. The van der Waals surface area contributed by atoms with Gasteiger partial charge in [-0.05, 0) is 42.0 Å². The number of aliphatic hydroxyl groups excluding tert-OH is 7. The molecular formula is C36H36O20. The first kappa shape index (κ1) is 40.0. The number of ether oxygens (including phenoxy) is 5. The van der Waals surface area contributed by atoms with E-state index in [0.717, 1.165) is 30.3 Å². The van der Waals surface area contributed by atoms with Gasteiger partial charge in [-0.25, -0.2) is 4.79 Å². The molecule has 2 aliphatic heterocycles. The summed E-state index contributed by atoms with van der Waals surface area (Å²) in [5, 5.41) is 122. The zero-order chi connectivity index (χ0) is 40.6. The van der Waals surface area contributed by atoms with E-state index >= 15 is 0 Å². The fourth-order valence-corrected chi connectivity index (χ4v) is 5.89. The van der Waals surface area contributed by atoms with Crippen LogP contribution in [0, 0.1) is 0 Å². The number of esters is 1. The molecule has 12 N–H and O–H groups in total. The van der Waals surface area contributed by atoms with Crippen LogP contribution >= 0.6 is 0 Å². The molecular weight excluding hydrogens is 752 g/mol. The van der Waals surface area contributed by atoms with Gasteiger partial charge in [-0.2, -0.15) is 0 Å². The second kappa shape index (κ2) is 16.2. The highest BCUT2D eigenvalue weighted by molar-refractivity contribution is 5.88. The predicted molar refractivity (Wildman–Crippen MR) is 184 cm³/mol. The molecule has 300 valence electrons. The van der Waals surface area contributed by atoms with Crippen LogP contribution in [0.1, 0.15) is 5.56 Å². The molecule has 3 aromatic carbocycles. The molecule has 20 nitrogen and oxygen atoms in total. The van der Waals surface area contributed by atoms with Crippen molar-refractivity contribution in [2.45, 2.75) is 61.4 Å². The first-order valence-electron chi connectivity index (χ1n) is 16.6. The molecule has 0 radical (unpaired) electrons. The van der Waals surface area contributed by atoms with Crippen molar-refractivity contribution in [3.05, 3.63) is 70.4 Å². The van der Waals surface area contributed by atoms with Crippen molar-refractivity contribution in [2.24, 2.45) is 0 Å². The molecule has 56 heavy (non-hydrogen) atoms. The SMILES string of the molecule is O=C(/C=C/c1ccc(O)c(O)c1)OC[C@H]1O[C@@H](Oc2cc(-c3oc4cc(O)cc(O)c4c(=O)c3O[C@@H]3O[C@H](CO)[C@@H](O)[C@H](O)[C@H]3O)ccc2O)[C@H](O)[C@@H](O)[C@@H]1O. The number of hydrogen-bond acceptors (Lipinski definition) is 20. The minimum atomic E-state index is -1.99. The zero-order valence-corrected chi connectivity index (χ0v) is 28.6. The van der Waals surface area contributed by atoms with E-state index in [0.29, 0.717) is 5.56 Å². The van der Waals surface area contributed by atoms with Gasteiger partial charge in [-0.1, -0.05) is 6.07 Å². The van der Waals surface area contributed by atoms with E-state index in [-0.39, 0.29) is 16.9 Å². The number of phenols is 5. The van der Waals surface area contributed by atoms with Crippen LogP contribution in [-0.2, 0) is 19.0 Å². The summed E-state index contributed by atoms with van der Waals surface area (Å²) >= 11 is 0. The lowest BCUT2D eigenvalue weighted by atomic mass is 9.99. The molecule has 4 aromatic rings. The number of fused-ring (bicyclic) bond motifs is 1. The Morgan fingerprint density at radius 3 is 2.02 bits per heavy atom. The Kier molecular flexibility index (Phi) is 11.6. The van der Waals surface area contributed by atoms with E-state index in [1.165, 1.54) is 30.3 Å². The summed E-state index contributed by atoms with van der Waals surface area (Å²) in [6.07, 6.45) is -15.9. The molecule has 2 saturated heterocycles. The summed E-state index contributed by atoms with van der Waals surface area (Å²) < 4.78 is 33.3. The molecule has 10 atom stereocenters. The molecule has 2 aliphatic rings. The van der Waals surface area contributed by atoms with Crippen LogP contribution in [0.3, 0.4) is 0 Å². The maximum absolute atomic E-state index is 13.8. The van der Waals surface area contributed by atoms with Gasteiger partial charge in [0.2, 0.25) is 23.8 Å². The molecule has 1 aromatic heterocycles. The van der Waals surface area contributed by atoms with Crippen LogP contribution in [-0.4, -0.2) is 142 Å². The summed E-state index contributed by atoms with van der Waals surface area (Å²) in [6.45, 7) is -1.52. The lowest BCUT2D eigenvalue weighted by Gasteiger charge is -2.40. The Labute approximate surface area is 313 Å². The summed E-state index contributed by atoms with van der Waals surface area (Å²) in [5.41, 5.74) is -1.30. The van der Waals surface area contributed by atoms with Crippen molar-refractivity contribution in [1.29, 1.82) is 0 Å². The Morgan fingerprint density at radius 2 is 1.34 bits per heavy atom. The molecule has 3 heterocycles. The lowest BCUT2D eigenvalue weighted by molar-refractivity contribution is -0.278. The van der Waals surface area contributed by atoms with Crippen LogP contribution in [0.25, 0.3) is 28.4 Å². The Bertz CT molecular complexity index is 2160. The molecule has 0 unspecified atom stereocenters. The fraction of sp³-hybridized carbons (Fsp3) is 0.333. The van der Waals surface area contributed by atoms with Crippen molar-refractivity contribution in [3.63, 3.8) is 0 Å². The molecule has 0 spiro atoms. The Morgan fingerprint density at radius 1 is 0.696 bits per heavy atom. The summed E-state index contributed by atoms with van der Waals surface area (Å²) in [6, 6.07) is 8.83. The first-order chi connectivity index (χ1) is 26.6. The third-order valence-electron chi connectivity index (χ3n) is 8.93. The number of phenolic OH excluding ortho intramolecular Hbond substituents is 5. The highest BCUT2D eigenvalue weighted by atomic mass is 16.7. The van der Waals surface area contributed by atoms with Gasteiger partial charge in [0.25, 0.3) is 0 Å². The molecule has 0 aliphatic carbocycles. The minimum absolute atomic E-state index is 0.149. The second-order valence-corrected chi connectivity index (χ2v) is 12.8. The van der Waals surface area contributed by atoms with Crippen molar-refractivity contribution in [1.82, 2.24) is 0 Å². The molecule has 0 amide bonds. The smallest absolute Gasteiger partial charge is 0.330 e. The van der Waals surface area contributed by atoms with Gasteiger partial charge < -0.3 is 89.4 Å². The second-order valence-electron chi connectivity index (χ2n) is 12.8. The largest absolute Gasteiger partial charge is 0.508 e. The van der Waals surface area contributed by atoms with E-state index < -0.39 is 132 Å². The van der Waals surface area contributed by atoms with Gasteiger partial charge in [0.1, 0.15) is 77.9 Å². The maximum atomic E-state index is 13.8. The number of carbonyl (C=O) groups is 1. The molecule has 0 saturated carbocycles. The van der Waals surface area contributed by atoms with Gasteiger partial charge >= 0.3 is 5.97 Å². The first-order valence-corrected chi connectivity index (χ1v) is 16.6. The van der Waals surface area contributed by atoms with Gasteiger partial charge in [0.05, 0.1) is 6.61 Å². The number of benzene rings is 3. The fourth-order valence-electron chi connectivity index (χ4n) is 5.89. The summed E-state index contributed by atoms with van der Waals surface area (Å²) in [7, 11) is 0. The number of aromatic hydroxyl groups is 5. The van der Waals surface area contributed by atoms with Crippen molar-refractivity contribution < 1.29 is 94.2 Å². The van der Waals surface area contributed by atoms with E-state index in [4.69, 9.17) is 28.1 Å². The highest BCUT2D eigenvalue weighted by Crippen LogP contribution is 2.41.